The minimum Gasteiger partial charge on any atom is -0.370 e. The van der Waals surface area contributed by atoms with E-state index < -0.39 is 20.7 Å². The largest absolute Gasteiger partial charge is 0.370 e. The first-order valence-corrected chi connectivity index (χ1v) is 10.3. The number of nitrogens with zero attached hydrogens (tertiary/aromatic N) is 1. The van der Waals surface area contributed by atoms with Crippen LogP contribution in [0.4, 0.5) is 15.8 Å². The Kier molecular flexibility index (Phi) is 5.57. The van der Waals surface area contributed by atoms with E-state index in [2.05, 4.69) is 4.72 Å². The average molecular weight is 412 g/mol. The number of nitrogens with one attached hydrogen (secondary N) is 1. The Balaban J connectivity index is 1.88. The summed E-state index contributed by atoms with van der Waals surface area (Å²) in [5, 5.41) is -0.192. The molecule has 0 saturated carbocycles. The Morgan fingerprint density at radius 1 is 1.15 bits per heavy atom. The maximum Gasteiger partial charge on any atom is 0.266 e. The highest BCUT2D eigenvalue weighted by atomic mass is 35.5. The molecular weight excluding hydrogens is 393 g/mol. The lowest BCUT2D eigenvalue weighted by Crippen LogP contribution is -2.38. The van der Waals surface area contributed by atoms with Gasteiger partial charge in [-0.1, -0.05) is 29.8 Å². The molecule has 1 saturated heterocycles. The number of piperidine rings is 1. The second-order valence-electron chi connectivity index (χ2n) is 6.34. The predicted molar refractivity (Wildman–Crippen MR) is 103 cm³/mol. The molecular formula is C18H19ClFN3O3S. The van der Waals surface area contributed by atoms with Gasteiger partial charge in [0.15, 0.2) is 0 Å². The van der Waals surface area contributed by atoms with E-state index in [1.807, 2.05) is 4.90 Å². The van der Waals surface area contributed by atoms with Gasteiger partial charge in [-0.05, 0) is 37.1 Å². The van der Waals surface area contributed by atoms with Gasteiger partial charge in [0.1, 0.15) is 10.7 Å². The average Bonchev–Trinajstić information content (AvgIpc) is 2.61. The van der Waals surface area contributed by atoms with Gasteiger partial charge in [0.05, 0.1) is 16.4 Å². The number of hydrogen-bond acceptors (Lipinski definition) is 4. The predicted octanol–water partition coefficient (Wildman–Crippen LogP) is 2.98. The van der Waals surface area contributed by atoms with E-state index in [4.69, 9.17) is 17.3 Å². The molecule has 9 heteroatoms. The van der Waals surface area contributed by atoms with Crippen molar-refractivity contribution in [1.82, 2.24) is 0 Å². The summed E-state index contributed by atoms with van der Waals surface area (Å²) < 4.78 is 41.9. The zero-order valence-corrected chi connectivity index (χ0v) is 15.9. The Morgan fingerprint density at radius 2 is 1.81 bits per heavy atom. The molecule has 1 amide bonds. The van der Waals surface area contributed by atoms with Gasteiger partial charge in [0.2, 0.25) is 5.91 Å². The Hall–Kier alpha value is -2.32. The van der Waals surface area contributed by atoms with Gasteiger partial charge in [0.25, 0.3) is 10.0 Å². The highest BCUT2D eigenvalue weighted by Gasteiger charge is 2.27. The summed E-state index contributed by atoms with van der Waals surface area (Å²) in [4.78, 5) is 12.7. The van der Waals surface area contributed by atoms with Crippen molar-refractivity contribution in [2.45, 2.75) is 17.7 Å². The van der Waals surface area contributed by atoms with Crippen molar-refractivity contribution < 1.29 is 17.6 Å². The van der Waals surface area contributed by atoms with E-state index in [1.54, 1.807) is 24.3 Å². The van der Waals surface area contributed by atoms with Gasteiger partial charge >= 0.3 is 0 Å². The summed E-state index contributed by atoms with van der Waals surface area (Å²) in [6, 6.07) is 10.5. The number of nitrogens with two attached hydrogens (primary N) is 1. The van der Waals surface area contributed by atoms with Crippen molar-refractivity contribution in [3.05, 3.63) is 53.3 Å². The molecule has 0 bridgehead atoms. The van der Waals surface area contributed by atoms with E-state index in [0.29, 0.717) is 37.3 Å². The van der Waals surface area contributed by atoms with Crippen molar-refractivity contribution in [3.8, 4) is 0 Å². The normalized spacial score (nSPS) is 15.6. The highest BCUT2D eigenvalue weighted by Crippen LogP contribution is 2.33. The molecule has 0 atom stereocenters. The summed E-state index contributed by atoms with van der Waals surface area (Å²) in [6.07, 6.45) is 1.19. The number of primary amides is 1. The number of carbonyl (C=O) groups is 1. The van der Waals surface area contributed by atoms with Crippen LogP contribution in [0.2, 0.25) is 5.02 Å². The third-order valence-corrected chi connectivity index (χ3v) is 6.44. The lowest BCUT2D eigenvalue weighted by molar-refractivity contribution is -0.122. The molecule has 2 aromatic carbocycles. The van der Waals surface area contributed by atoms with Crippen LogP contribution in [0.3, 0.4) is 0 Å². The van der Waals surface area contributed by atoms with Gasteiger partial charge in [-0.15, -0.1) is 0 Å². The molecule has 0 radical (unpaired) electrons. The number of amides is 1. The molecule has 3 N–H and O–H groups in total. The Bertz CT molecular complexity index is 940. The summed E-state index contributed by atoms with van der Waals surface area (Å²) in [6.45, 7) is 1.12. The maximum absolute atomic E-state index is 14.1. The van der Waals surface area contributed by atoms with Crippen LogP contribution in [-0.4, -0.2) is 27.4 Å². The SMILES string of the molecule is NC(=O)C1CCN(c2ccccc2NS(=O)(=O)c2c(F)cccc2Cl)CC1. The van der Waals surface area contributed by atoms with Crippen LogP contribution in [0.15, 0.2) is 47.4 Å². The number of halogens is 2. The first-order chi connectivity index (χ1) is 12.8. The molecule has 0 unspecified atom stereocenters. The zero-order chi connectivity index (χ0) is 19.6. The lowest BCUT2D eigenvalue weighted by atomic mass is 9.96. The molecule has 1 fully saturated rings. The molecule has 0 spiro atoms. The highest BCUT2D eigenvalue weighted by molar-refractivity contribution is 7.92. The number of para-hydroxylation sites is 2. The van der Waals surface area contributed by atoms with Gasteiger partial charge in [-0.25, -0.2) is 12.8 Å². The fourth-order valence-electron chi connectivity index (χ4n) is 3.18. The van der Waals surface area contributed by atoms with Crippen LogP contribution in [0.5, 0.6) is 0 Å². The third kappa shape index (κ3) is 4.17. The molecule has 0 aromatic heterocycles. The molecule has 1 heterocycles. The number of anilines is 2. The Labute approximate surface area is 162 Å². The summed E-state index contributed by atoms with van der Waals surface area (Å²) in [7, 11) is -4.22. The quantitative estimate of drug-likeness (QED) is 0.791. The minimum atomic E-state index is -4.22. The summed E-state index contributed by atoms with van der Waals surface area (Å²) in [5.41, 5.74) is 6.32. The molecule has 27 heavy (non-hydrogen) atoms. The van der Waals surface area contributed by atoms with Gasteiger partial charge in [-0.3, -0.25) is 9.52 Å². The van der Waals surface area contributed by atoms with Crippen LogP contribution in [0.1, 0.15) is 12.8 Å². The smallest absolute Gasteiger partial charge is 0.266 e. The van der Waals surface area contributed by atoms with Crippen molar-refractivity contribution >= 4 is 38.9 Å². The monoisotopic (exact) mass is 411 g/mol. The lowest BCUT2D eigenvalue weighted by Gasteiger charge is -2.33. The van der Waals surface area contributed by atoms with Gasteiger partial charge in [-0.2, -0.15) is 0 Å². The number of rotatable bonds is 5. The van der Waals surface area contributed by atoms with Crippen molar-refractivity contribution in [2.75, 3.05) is 22.7 Å². The zero-order valence-electron chi connectivity index (χ0n) is 14.4. The minimum absolute atomic E-state index is 0.178. The van der Waals surface area contributed by atoms with Crippen LogP contribution in [0.25, 0.3) is 0 Å². The summed E-state index contributed by atoms with van der Waals surface area (Å²) >= 11 is 5.90. The van der Waals surface area contributed by atoms with Crippen molar-refractivity contribution in [3.63, 3.8) is 0 Å². The van der Waals surface area contributed by atoms with E-state index in [-0.39, 0.29) is 16.8 Å². The molecule has 144 valence electrons. The van der Waals surface area contributed by atoms with Crippen LogP contribution < -0.4 is 15.4 Å². The fraction of sp³-hybridized carbons (Fsp3) is 0.278. The number of benzene rings is 2. The standard InChI is InChI=1S/C18H19ClFN3O3S/c19-13-4-3-5-14(20)17(13)27(25,26)22-15-6-1-2-7-16(15)23-10-8-12(9-11-23)18(21)24/h1-7,12,22H,8-11H2,(H2,21,24). The number of carbonyl (C=O) groups excluding carboxylic acids is 1. The Morgan fingerprint density at radius 3 is 2.44 bits per heavy atom. The van der Waals surface area contributed by atoms with E-state index in [0.717, 1.165) is 6.07 Å². The van der Waals surface area contributed by atoms with Gasteiger partial charge in [0, 0.05) is 19.0 Å². The van der Waals surface area contributed by atoms with Crippen LogP contribution in [0, 0.1) is 11.7 Å². The maximum atomic E-state index is 14.1. The molecule has 1 aliphatic heterocycles. The second-order valence-corrected chi connectivity index (χ2v) is 8.36. The number of sulfonamides is 1. The molecule has 1 aliphatic rings. The summed E-state index contributed by atoms with van der Waals surface area (Å²) in [5.74, 6) is -1.42. The second kappa shape index (κ2) is 7.74. The van der Waals surface area contributed by atoms with Crippen molar-refractivity contribution in [2.24, 2.45) is 11.7 Å². The van der Waals surface area contributed by atoms with E-state index >= 15 is 0 Å². The third-order valence-electron chi connectivity index (χ3n) is 4.57. The molecule has 2 aromatic rings. The first-order valence-electron chi connectivity index (χ1n) is 8.39. The van der Waals surface area contributed by atoms with Crippen molar-refractivity contribution in [1.29, 1.82) is 0 Å². The molecule has 3 rings (SSSR count). The van der Waals surface area contributed by atoms with Gasteiger partial charge < -0.3 is 10.6 Å². The van der Waals surface area contributed by atoms with E-state index in [9.17, 15) is 17.6 Å². The molecule has 0 aliphatic carbocycles. The fourth-order valence-corrected chi connectivity index (χ4v) is 4.86. The van der Waals surface area contributed by atoms with E-state index in [1.165, 1.54) is 12.1 Å². The first kappa shape index (κ1) is 19.4. The van der Waals surface area contributed by atoms with Crippen LogP contribution >= 0.6 is 11.6 Å². The topological polar surface area (TPSA) is 92.5 Å². The molecule has 6 nitrogen and oxygen atoms in total. The number of hydrogen-bond donors (Lipinski definition) is 2. The van der Waals surface area contributed by atoms with Crippen LogP contribution in [-0.2, 0) is 14.8 Å².